The van der Waals surface area contributed by atoms with Crippen LogP contribution < -0.4 is 5.73 Å². The fraction of sp³-hybridized carbons (Fsp3) is 0.684. The van der Waals surface area contributed by atoms with Gasteiger partial charge in [0.05, 0.1) is 5.39 Å². The molecule has 24 heavy (non-hydrogen) atoms. The molecule has 0 amide bonds. The van der Waals surface area contributed by atoms with Crippen molar-refractivity contribution in [2.45, 2.75) is 63.3 Å². The monoisotopic (exact) mass is 342 g/mol. The van der Waals surface area contributed by atoms with Gasteiger partial charge in [0.2, 0.25) is 0 Å². The standard InChI is InChI=1S/C19H26N4S/c20-18-17-16-14(6-7-15(16)24-19(17)22-11-21-18)12-4-3-5-13(10-12)23-8-1-2-9-23/h11-14H,1-10H2,(H2,20,21,22)/t12?,13-,14?/m0/s1. The molecule has 0 radical (unpaired) electrons. The van der Waals surface area contributed by atoms with Crippen molar-refractivity contribution in [1.29, 1.82) is 0 Å². The van der Waals surface area contributed by atoms with Crippen LogP contribution >= 0.6 is 11.3 Å². The molecule has 0 aromatic carbocycles. The Hall–Kier alpha value is -1.20. The van der Waals surface area contributed by atoms with Gasteiger partial charge in [0.1, 0.15) is 17.0 Å². The van der Waals surface area contributed by atoms with E-state index in [2.05, 4.69) is 14.9 Å². The maximum Gasteiger partial charge on any atom is 0.135 e. The molecule has 1 saturated carbocycles. The van der Waals surface area contributed by atoms with Crippen molar-refractivity contribution < 1.29 is 0 Å². The van der Waals surface area contributed by atoms with Crippen LogP contribution in [0.5, 0.6) is 0 Å². The van der Waals surface area contributed by atoms with Gasteiger partial charge >= 0.3 is 0 Å². The van der Waals surface area contributed by atoms with Gasteiger partial charge < -0.3 is 10.6 Å². The summed E-state index contributed by atoms with van der Waals surface area (Å²) in [7, 11) is 0. The van der Waals surface area contributed by atoms with Gasteiger partial charge in [-0.2, -0.15) is 0 Å². The first-order chi connectivity index (χ1) is 11.8. The van der Waals surface area contributed by atoms with Crippen molar-refractivity contribution in [3.8, 4) is 0 Å². The highest BCUT2D eigenvalue weighted by molar-refractivity contribution is 7.19. The normalized spacial score (nSPS) is 30.9. The van der Waals surface area contributed by atoms with Gasteiger partial charge in [-0.3, -0.25) is 0 Å². The van der Waals surface area contributed by atoms with E-state index in [0.29, 0.717) is 11.7 Å². The summed E-state index contributed by atoms with van der Waals surface area (Å²) in [6.45, 7) is 2.66. The van der Waals surface area contributed by atoms with E-state index in [1.165, 1.54) is 80.3 Å². The Morgan fingerprint density at radius 2 is 1.96 bits per heavy atom. The van der Waals surface area contributed by atoms with E-state index in [1.54, 1.807) is 6.33 Å². The molecule has 2 unspecified atom stereocenters. The Morgan fingerprint density at radius 3 is 2.83 bits per heavy atom. The van der Waals surface area contributed by atoms with Gasteiger partial charge in [0, 0.05) is 10.9 Å². The first-order valence-corrected chi connectivity index (χ1v) is 10.4. The summed E-state index contributed by atoms with van der Waals surface area (Å²) < 4.78 is 0. The minimum absolute atomic E-state index is 0.687. The molecule has 0 bridgehead atoms. The lowest BCUT2D eigenvalue weighted by molar-refractivity contribution is 0.144. The molecule has 3 heterocycles. The van der Waals surface area contributed by atoms with Crippen LogP contribution in [0.1, 0.15) is 61.3 Å². The van der Waals surface area contributed by atoms with Crippen LogP contribution in [0.25, 0.3) is 10.2 Å². The molecule has 1 saturated heterocycles. The molecule has 2 N–H and O–H groups in total. The zero-order valence-electron chi connectivity index (χ0n) is 14.2. The second kappa shape index (κ2) is 5.95. The van der Waals surface area contributed by atoms with E-state index in [0.717, 1.165) is 16.8 Å². The Kier molecular flexibility index (Phi) is 3.74. The van der Waals surface area contributed by atoms with Crippen molar-refractivity contribution in [3.05, 3.63) is 16.8 Å². The highest BCUT2D eigenvalue weighted by Crippen LogP contribution is 2.51. The smallest absolute Gasteiger partial charge is 0.135 e. The van der Waals surface area contributed by atoms with E-state index in [9.17, 15) is 0 Å². The quantitative estimate of drug-likeness (QED) is 0.897. The molecule has 2 aliphatic carbocycles. The maximum absolute atomic E-state index is 6.24. The number of anilines is 1. The number of fused-ring (bicyclic) bond motifs is 3. The second-order valence-corrected chi connectivity index (χ2v) is 8.93. The zero-order valence-corrected chi connectivity index (χ0v) is 15.0. The molecule has 5 heteroatoms. The van der Waals surface area contributed by atoms with Gasteiger partial charge in [0.25, 0.3) is 0 Å². The average molecular weight is 343 g/mol. The molecule has 4 nitrogen and oxygen atoms in total. The number of nitrogen functional groups attached to an aromatic ring is 1. The van der Waals surface area contributed by atoms with Gasteiger partial charge in [-0.15, -0.1) is 11.3 Å². The van der Waals surface area contributed by atoms with Crippen LogP contribution in [-0.2, 0) is 6.42 Å². The number of likely N-dealkylation sites (tertiary alicyclic amines) is 1. The fourth-order valence-corrected chi connectivity index (χ4v) is 6.74. The number of hydrogen-bond acceptors (Lipinski definition) is 5. The van der Waals surface area contributed by atoms with Gasteiger partial charge in [-0.05, 0) is 75.4 Å². The lowest BCUT2D eigenvalue weighted by Crippen LogP contribution is -2.37. The predicted octanol–water partition coefficient (Wildman–Crippen LogP) is 3.96. The second-order valence-electron chi connectivity index (χ2n) is 7.85. The van der Waals surface area contributed by atoms with Gasteiger partial charge in [-0.1, -0.05) is 6.42 Å². The van der Waals surface area contributed by atoms with Crippen LogP contribution in [-0.4, -0.2) is 34.0 Å². The zero-order chi connectivity index (χ0) is 16.1. The van der Waals surface area contributed by atoms with Crippen molar-refractivity contribution in [1.82, 2.24) is 14.9 Å². The summed E-state index contributed by atoms with van der Waals surface area (Å²) in [4.78, 5) is 14.2. The number of nitrogens with two attached hydrogens (primary N) is 1. The number of thiophene rings is 1. The summed E-state index contributed by atoms with van der Waals surface area (Å²) in [5.74, 6) is 2.20. The summed E-state index contributed by atoms with van der Waals surface area (Å²) in [5, 5.41) is 1.18. The number of aromatic nitrogens is 2. The molecule has 2 aromatic rings. The molecule has 2 fully saturated rings. The number of aryl methyl sites for hydroxylation is 1. The Bertz CT molecular complexity index is 749. The molecule has 128 valence electrons. The van der Waals surface area contributed by atoms with E-state index < -0.39 is 0 Å². The topological polar surface area (TPSA) is 55.0 Å². The maximum atomic E-state index is 6.24. The highest BCUT2D eigenvalue weighted by atomic mass is 32.1. The summed E-state index contributed by atoms with van der Waals surface area (Å²) in [6, 6.07) is 0.828. The molecule has 0 spiro atoms. The summed E-state index contributed by atoms with van der Waals surface area (Å²) in [6.07, 6.45) is 12.5. The third kappa shape index (κ3) is 2.36. The predicted molar refractivity (Wildman–Crippen MR) is 99.4 cm³/mol. The number of rotatable bonds is 2. The fourth-order valence-electron chi connectivity index (χ4n) is 5.51. The molecule has 2 aromatic heterocycles. The minimum Gasteiger partial charge on any atom is -0.383 e. The van der Waals surface area contributed by atoms with Crippen LogP contribution in [0.15, 0.2) is 6.33 Å². The minimum atomic E-state index is 0.687. The molecular formula is C19H26N4S. The Morgan fingerprint density at radius 1 is 1.08 bits per heavy atom. The molecule has 3 aliphatic rings. The van der Waals surface area contributed by atoms with E-state index >= 15 is 0 Å². The average Bonchev–Trinajstić information content (AvgIpc) is 3.31. The summed E-state index contributed by atoms with van der Waals surface area (Å²) >= 11 is 1.85. The highest BCUT2D eigenvalue weighted by Gasteiger charge is 2.38. The van der Waals surface area contributed by atoms with Crippen LogP contribution in [0, 0.1) is 5.92 Å². The molecular weight excluding hydrogens is 316 g/mol. The van der Waals surface area contributed by atoms with E-state index in [-0.39, 0.29) is 0 Å². The van der Waals surface area contributed by atoms with Crippen molar-refractivity contribution in [2.24, 2.45) is 5.92 Å². The SMILES string of the molecule is Nc1ncnc2sc3c(c12)C(C1CCC[C@H](N2CCCC2)C1)CC3. The van der Waals surface area contributed by atoms with Crippen molar-refractivity contribution in [2.75, 3.05) is 18.8 Å². The summed E-state index contributed by atoms with van der Waals surface area (Å²) in [5.41, 5.74) is 7.77. The molecule has 3 atom stereocenters. The number of hydrogen-bond donors (Lipinski definition) is 1. The first kappa shape index (κ1) is 15.1. The molecule has 5 rings (SSSR count). The Balaban J connectivity index is 1.45. The van der Waals surface area contributed by atoms with Crippen LogP contribution in [0.3, 0.4) is 0 Å². The number of nitrogens with zero attached hydrogens (tertiary/aromatic N) is 3. The first-order valence-electron chi connectivity index (χ1n) is 9.57. The largest absolute Gasteiger partial charge is 0.383 e. The van der Waals surface area contributed by atoms with Gasteiger partial charge in [-0.25, -0.2) is 9.97 Å². The van der Waals surface area contributed by atoms with E-state index in [4.69, 9.17) is 5.73 Å². The van der Waals surface area contributed by atoms with E-state index in [1.807, 2.05) is 11.3 Å². The van der Waals surface area contributed by atoms with Crippen LogP contribution in [0.4, 0.5) is 5.82 Å². The lowest BCUT2D eigenvalue weighted by Gasteiger charge is -2.38. The molecule has 1 aliphatic heterocycles. The van der Waals surface area contributed by atoms with Crippen LogP contribution in [0.2, 0.25) is 0 Å². The van der Waals surface area contributed by atoms with Crippen molar-refractivity contribution >= 4 is 27.4 Å². The van der Waals surface area contributed by atoms with Crippen molar-refractivity contribution in [3.63, 3.8) is 0 Å². The third-order valence-corrected chi connectivity index (χ3v) is 7.77. The van der Waals surface area contributed by atoms with Gasteiger partial charge in [0.15, 0.2) is 0 Å². The lowest BCUT2D eigenvalue weighted by atomic mass is 9.75. The third-order valence-electron chi connectivity index (χ3n) is 6.60. The Labute approximate surface area is 147 Å².